The Morgan fingerprint density at radius 3 is 2.63 bits per heavy atom. The van der Waals surface area contributed by atoms with Crippen molar-refractivity contribution in [2.75, 3.05) is 5.32 Å². The van der Waals surface area contributed by atoms with Crippen LogP contribution in [0.15, 0.2) is 30.5 Å². The number of aromatic nitrogens is 2. The van der Waals surface area contributed by atoms with Gasteiger partial charge in [-0.3, -0.25) is 0 Å². The molecule has 0 saturated heterocycles. The lowest BCUT2D eigenvalue weighted by Crippen LogP contribution is -2.11. The number of aryl methyl sites for hydroxylation is 1. The van der Waals surface area contributed by atoms with Crippen molar-refractivity contribution < 1.29 is 13.2 Å². The highest BCUT2D eigenvalue weighted by atomic mass is 35.5. The molecule has 0 aliphatic rings. The second-order valence-corrected chi connectivity index (χ2v) is 4.23. The summed E-state index contributed by atoms with van der Waals surface area (Å²) in [5, 5.41) is 2.36. The fourth-order valence-electron chi connectivity index (χ4n) is 1.52. The maximum Gasteiger partial charge on any atom is 0.421 e. The van der Waals surface area contributed by atoms with E-state index in [1.54, 1.807) is 18.2 Å². The molecule has 2 aromatic rings. The van der Waals surface area contributed by atoms with Crippen molar-refractivity contribution in [1.82, 2.24) is 9.97 Å². The molecule has 0 spiro atoms. The topological polar surface area (TPSA) is 37.8 Å². The van der Waals surface area contributed by atoms with Crippen LogP contribution in [0.25, 0.3) is 0 Å². The summed E-state index contributed by atoms with van der Waals surface area (Å²) in [6.07, 6.45) is -3.88. The number of hydrogen-bond acceptors (Lipinski definition) is 3. The lowest BCUT2D eigenvalue weighted by molar-refractivity contribution is -0.137. The van der Waals surface area contributed by atoms with E-state index in [9.17, 15) is 13.2 Å². The van der Waals surface area contributed by atoms with Gasteiger partial charge in [-0.15, -0.1) is 0 Å². The zero-order valence-corrected chi connectivity index (χ0v) is 10.5. The molecule has 100 valence electrons. The normalized spacial score (nSPS) is 11.4. The van der Waals surface area contributed by atoms with Crippen LogP contribution >= 0.6 is 11.6 Å². The van der Waals surface area contributed by atoms with Gasteiger partial charge in [0.2, 0.25) is 5.28 Å². The first-order valence-electron chi connectivity index (χ1n) is 5.29. The maximum absolute atomic E-state index is 12.8. The largest absolute Gasteiger partial charge is 0.421 e. The summed E-state index contributed by atoms with van der Waals surface area (Å²) in [5.41, 5.74) is 0.456. The fraction of sp³-hybridized carbons (Fsp3) is 0.167. The highest BCUT2D eigenvalue weighted by Crippen LogP contribution is 2.34. The van der Waals surface area contributed by atoms with Crippen molar-refractivity contribution in [1.29, 1.82) is 0 Å². The van der Waals surface area contributed by atoms with Gasteiger partial charge in [0.1, 0.15) is 11.4 Å². The number of nitrogens with zero attached hydrogens (tertiary/aromatic N) is 2. The van der Waals surface area contributed by atoms with Gasteiger partial charge >= 0.3 is 6.18 Å². The molecule has 7 heteroatoms. The van der Waals surface area contributed by atoms with Gasteiger partial charge < -0.3 is 5.32 Å². The number of alkyl halides is 3. The zero-order chi connectivity index (χ0) is 14.0. The summed E-state index contributed by atoms with van der Waals surface area (Å²) < 4.78 is 38.4. The van der Waals surface area contributed by atoms with E-state index in [1.165, 1.54) is 0 Å². The number of rotatable bonds is 2. The van der Waals surface area contributed by atoms with Gasteiger partial charge in [0.15, 0.2) is 0 Å². The highest BCUT2D eigenvalue weighted by molar-refractivity contribution is 6.28. The molecule has 0 aliphatic heterocycles. The van der Waals surface area contributed by atoms with E-state index in [0.29, 0.717) is 11.9 Å². The van der Waals surface area contributed by atoms with Gasteiger partial charge in [0, 0.05) is 11.9 Å². The third-order valence-electron chi connectivity index (χ3n) is 2.35. The SMILES string of the molecule is Cc1cccc(Nc2nc(Cl)ncc2C(F)(F)F)c1. The molecule has 0 atom stereocenters. The highest BCUT2D eigenvalue weighted by Gasteiger charge is 2.35. The van der Waals surface area contributed by atoms with Crippen LogP contribution in [-0.4, -0.2) is 9.97 Å². The predicted octanol–water partition coefficient (Wildman–Crippen LogP) is 4.20. The number of hydrogen-bond donors (Lipinski definition) is 1. The Hall–Kier alpha value is -1.82. The van der Waals surface area contributed by atoms with Gasteiger partial charge in [-0.05, 0) is 36.2 Å². The van der Waals surface area contributed by atoms with E-state index < -0.39 is 11.7 Å². The number of benzene rings is 1. The van der Waals surface area contributed by atoms with E-state index in [4.69, 9.17) is 11.6 Å². The molecule has 0 bridgehead atoms. The Kier molecular flexibility index (Phi) is 3.61. The van der Waals surface area contributed by atoms with E-state index in [2.05, 4.69) is 15.3 Å². The third-order valence-corrected chi connectivity index (χ3v) is 2.53. The predicted molar refractivity (Wildman–Crippen MR) is 66.5 cm³/mol. The van der Waals surface area contributed by atoms with Crippen LogP contribution in [0.2, 0.25) is 5.28 Å². The molecule has 2 rings (SSSR count). The third kappa shape index (κ3) is 3.35. The molecule has 1 aromatic heterocycles. The standard InChI is InChI=1S/C12H9ClF3N3/c1-7-3-2-4-8(5-7)18-10-9(12(14,15)16)6-17-11(13)19-10/h2-6H,1H3,(H,17,18,19). The van der Waals surface area contributed by atoms with Crippen molar-refractivity contribution in [3.63, 3.8) is 0 Å². The maximum atomic E-state index is 12.8. The first-order valence-corrected chi connectivity index (χ1v) is 5.67. The van der Waals surface area contributed by atoms with E-state index in [0.717, 1.165) is 5.56 Å². The van der Waals surface area contributed by atoms with Crippen LogP contribution in [0, 0.1) is 6.92 Å². The van der Waals surface area contributed by atoms with Gasteiger partial charge in [0.05, 0.1) is 0 Å². The van der Waals surface area contributed by atoms with Crippen molar-refractivity contribution in [3.8, 4) is 0 Å². The summed E-state index contributed by atoms with van der Waals surface area (Å²) in [4.78, 5) is 6.95. The summed E-state index contributed by atoms with van der Waals surface area (Å²) in [5.74, 6) is -0.363. The Bertz CT molecular complexity index is 599. The molecule has 0 radical (unpaired) electrons. The average molecular weight is 288 g/mol. The number of anilines is 2. The molecular weight excluding hydrogens is 279 g/mol. The minimum absolute atomic E-state index is 0.247. The summed E-state index contributed by atoms with van der Waals surface area (Å²) in [6.45, 7) is 1.84. The van der Waals surface area contributed by atoms with Crippen LogP contribution in [-0.2, 0) is 6.18 Å². The minimum atomic E-state index is -4.54. The van der Waals surface area contributed by atoms with Crippen molar-refractivity contribution in [3.05, 3.63) is 46.9 Å². The Morgan fingerprint density at radius 1 is 1.26 bits per heavy atom. The van der Waals surface area contributed by atoms with Crippen molar-refractivity contribution in [2.24, 2.45) is 0 Å². The molecule has 1 aromatic carbocycles. The smallest absolute Gasteiger partial charge is 0.340 e. The fourth-order valence-corrected chi connectivity index (χ4v) is 1.66. The molecule has 0 fully saturated rings. The van der Waals surface area contributed by atoms with Crippen LogP contribution in [0.4, 0.5) is 24.7 Å². The zero-order valence-electron chi connectivity index (χ0n) is 9.79. The summed E-state index contributed by atoms with van der Waals surface area (Å²) in [6, 6.07) is 6.91. The van der Waals surface area contributed by atoms with Gasteiger partial charge in [-0.25, -0.2) is 4.98 Å². The molecule has 0 unspecified atom stereocenters. The lowest BCUT2D eigenvalue weighted by atomic mass is 10.2. The first-order chi connectivity index (χ1) is 8.86. The average Bonchev–Trinajstić information content (AvgIpc) is 2.27. The summed E-state index contributed by atoms with van der Waals surface area (Å²) >= 11 is 5.53. The van der Waals surface area contributed by atoms with Gasteiger partial charge in [0.25, 0.3) is 0 Å². The lowest BCUT2D eigenvalue weighted by Gasteiger charge is -2.13. The van der Waals surface area contributed by atoms with Gasteiger partial charge in [-0.2, -0.15) is 18.2 Å². The number of nitrogens with one attached hydrogen (secondary N) is 1. The molecule has 0 aliphatic carbocycles. The van der Waals surface area contributed by atoms with Crippen LogP contribution in [0.1, 0.15) is 11.1 Å². The molecule has 0 saturated carbocycles. The van der Waals surface area contributed by atoms with Crippen LogP contribution < -0.4 is 5.32 Å². The minimum Gasteiger partial charge on any atom is -0.340 e. The first kappa shape index (κ1) is 13.6. The van der Waals surface area contributed by atoms with Gasteiger partial charge in [-0.1, -0.05) is 12.1 Å². The van der Waals surface area contributed by atoms with Crippen LogP contribution in [0.5, 0.6) is 0 Å². The molecule has 0 amide bonds. The molecule has 1 heterocycles. The Morgan fingerprint density at radius 2 is 2.00 bits per heavy atom. The Labute approximate surface area is 112 Å². The molecule has 1 N–H and O–H groups in total. The summed E-state index contributed by atoms with van der Waals surface area (Å²) in [7, 11) is 0. The molecular formula is C12H9ClF3N3. The second-order valence-electron chi connectivity index (χ2n) is 3.89. The second kappa shape index (κ2) is 5.05. The van der Waals surface area contributed by atoms with E-state index in [1.807, 2.05) is 13.0 Å². The number of halogens is 4. The monoisotopic (exact) mass is 287 g/mol. The van der Waals surface area contributed by atoms with Crippen LogP contribution in [0.3, 0.4) is 0 Å². The quantitative estimate of drug-likeness (QED) is 0.841. The van der Waals surface area contributed by atoms with E-state index >= 15 is 0 Å². The Balaban J connectivity index is 2.41. The van der Waals surface area contributed by atoms with Crippen molar-refractivity contribution in [2.45, 2.75) is 13.1 Å². The molecule has 3 nitrogen and oxygen atoms in total. The van der Waals surface area contributed by atoms with Crippen molar-refractivity contribution >= 4 is 23.1 Å². The van der Waals surface area contributed by atoms with E-state index in [-0.39, 0.29) is 11.1 Å². The molecule has 19 heavy (non-hydrogen) atoms.